The molecule has 1 fully saturated rings. The second-order valence-corrected chi connectivity index (χ2v) is 5.02. The highest BCUT2D eigenvalue weighted by atomic mass is 32.1. The molecule has 2 rings (SSSR count). The third-order valence-corrected chi connectivity index (χ3v) is 3.62. The molecule has 94 valence electrons. The SMILES string of the molecule is Cc1nsc(NCCC(=O)N2CCCCC2)n1. The molecule has 0 atom stereocenters. The Morgan fingerprint density at radius 3 is 2.82 bits per heavy atom. The summed E-state index contributed by atoms with van der Waals surface area (Å²) in [6, 6.07) is 0. The lowest BCUT2D eigenvalue weighted by molar-refractivity contribution is -0.131. The van der Waals surface area contributed by atoms with E-state index in [1.54, 1.807) is 0 Å². The fourth-order valence-electron chi connectivity index (χ4n) is 1.95. The van der Waals surface area contributed by atoms with E-state index in [2.05, 4.69) is 14.7 Å². The Balaban J connectivity index is 1.69. The largest absolute Gasteiger partial charge is 0.360 e. The van der Waals surface area contributed by atoms with Gasteiger partial charge in [-0.15, -0.1) is 0 Å². The molecule has 1 saturated heterocycles. The van der Waals surface area contributed by atoms with E-state index in [1.165, 1.54) is 18.0 Å². The minimum atomic E-state index is 0.249. The third-order valence-electron chi connectivity index (χ3n) is 2.85. The fourth-order valence-corrected chi connectivity index (χ4v) is 2.55. The van der Waals surface area contributed by atoms with Gasteiger partial charge in [-0.3, -0.25) is 4.79 Å². The number of amides is 1. The van der Waals surface area contributed by atoms with Crippen molar-refractivity contribution in [1.29, 1.82) is 0 Å². The van der Waals surface area contributed by atoms with Gasteiger partial charge in [-0.1, -0.05) is 0 Å². The normalized spacial score (nSPS) is 15.9. The fraction of sp³-hybridized carbons (Fsp3) is 0.727. The van der Waals surface area contributed by atoms with Crippen LogP contribution in [0.25, 0.3) is 0 Å². The van der Waals surface area contributed by atoms with Crippen LogP contribution in [0.5, 0.6) is 0 Å². The van der Waals surface area contributed by atoms with Crippen molar-refractivity contribution in [2.75, 3.05) is 25.0 Å². The van der Waals surface area contributed by atoms with Crippen molar-refractivity contribution in [2.24, 2.45) is 0 Å². The second-order valence-electron chi connectivity index (χ2n) is 4.26. The van der Waals surface area contributed by atoms with Crippen LogP contribution < -0.4 is 5.32 Å². The van der Waals surface area contributed by atoms with Crippen LogP contribution in [0.2, 0.25) is 0 Å². The van der Waals surface area contributed by atoms with E-state index in [1.807, 2.05) is 11.8 Å². The van der Waals surface area contributed by atoms with Gasteiger partial charge in [0, 0.05) is 37.6 Å². The maximum Gasteiger partial charge on any atom is 0.224 e. The van der Waals surface area contributed by atoms with Gasteiger partial charge in [0.05, 0.1) is 0 Å². The predicted octanol–water partition coefficient (Wildman–Crippen LogP) is 1.66. The van der Waals surface area contributed by atoms with Crippen LogP contribution >= 0.6 is 11.5 Å². The highest BCUT2D eigenvalue weighted by molar-refractivity contribution is 7.09. The van der Waals surface area contributed by atoms with Crippen LogP contribution in [0, 0.1) is 6.92 Å². The first-order valence-electron chi connectivity index (χ1n) is 6.07. The Kier molecular flexibility index (Phi) is 4.30. The topological polar surface area (TPSA) is 58.1 Å². The molecule has 6 heteroatoms. The van der Waals surface area contributed by atoms with E-state index < -0.39 is 0 Å². The Hall–Kier alpha value is -1.17. The molecule has 17 heavy (non-hydrogen) atoms. The number of aryl methyl sites for hydroxylation is 1. The lowest BCUT2D eigenvalue weighted by Gasteiger charge is -2.26. The molecular formula is C11H18N4OS. The van der Waals surface area contributed by atoms with Gasteiger partial charge in [-0.25, -0.2) is 4.98 Å². The van der Waals surface area contributed by atoms with Gasteiger partial charge in [-0.2, -0.15) is 4.37 Å². The number of piperidine rings is 1. The van der Waals surface area contributed by atoms with Crippen molar-refractivity contribution in [3.8, 4) is 0 Å². The molecule has 5 nitrogen and oxygen atoms in total. The minimum Gasteiger partial charge on any atom is -0.360 e. The summed E-state index contributed by atoms with van der Waals surface area (Å²) in [5.74, 6) is 1.03. The lowest BCUT2D eigenvalue weighted by atomic mass is 10.1. The number of nitrogens with one attached hydrogen (secondary N) is 1. The molecule has 1 aliphatic heterocycles. The molecule has 0 unspecified atom stereocenters. The summed E-state index contributed by atoms with van der Waals surface area (Å²) in [6.07, 6.45) is 4.09. The van der Waals surface area contributed by atoms with Gasteiger partial charge in [0.25, 0.3) is 0 Å². The molecule has 2 heterocycles. The smallest absolute Gasteiger partial charge is 0.224 e. The number of hydrogen-bond acceptors (Lipinski definition) is 5. The molecule has 1 N–H and O–H groups in total. The van der Waals surface area contributed by atoms with Gasteiger partial charge >= 0.3 is 0 Å². The highest BCUT2D eigenvalue weighted by Crippen LogP contribution is 2.12. The zero-order valence-corrected chi connectivity index (χ0v) is 10.9. The molecule has 0 radical (unpaired) electrons. The number of carbonyl (C=O) groups is 1. The Morgan fingerprint density at radius 2 is 2.18 bits per heavy atom. The van der Waals surface area contributed by atoms with Crippen LogP contribution in [-0.4, -0.2) is 39.8 Å². The van der Waals surface area contributed by atoms with E-state index >= 15 is 0 Å². The van der Waals surface area contributed by atoms with Crippen LogP contribution in [0.4, 0.5) is 5.13 Å². The van der Waals surface area contributed by atoms with E-state index in [9.17, 15) is 4.79 Å². The average Bonchev–Trinajstić information content (AvgIpc) is 2.76. The van der Waals surface area contributed by atoms with Gasteiger partial charge in [0.15, 0.2) is 0 Å². The minimum absolute atomic E-state index is 0.249. The molecule has 1 aliphatic rings. The number of aromatic nitrogens is 2. The molecule has 1 aromatic rings. The van der Waals surface area contributed by atoms with Gasteiger partial charge < -0.3 is 10.2 Å². The van der Waals surface area contributed by atoms with Crippen molar-refractivity contribution in [2.45, 2.75) is 32.6 Å². The molecule has 0 bridgehead atoms. The average molecular weight is 254 g/mol. The van der Waals surface area contributed by atoms with Crippen molar-refractivity contribution >= 4 is 22.6 Å². The van der Waals surface area contributed by atoms with Crippen molar-refractivity contribution < 1.29 is 4.79 Å². The third kappa shape index (κ3) is 3.66. The number of rotatable bonds is 4. The van der Waals surface area contributed by atoms with Crippen molar-refractivity contribution in [3.05, 3.63) is 5.82 Å². The zero-order valence-electron chi connectivity index (χ0n) is 10.1. The molecule has 0 saturated carbocycles. The molecule has 1 amide bonds. The van der Waals surface area contributed by atoms with Crippen LogP contribution in [0.15, 0.2) is 0 Å². The summed E-state index contributed by atoms with van der Waals surface area (Å²) >= 11 is 1.34. The van der Waals surface area contributed by atoms with E-state index in [0.29, 0.717) is 13.0 Å². The number of likely N-dealkylation sites (tertiary alicyclic amines) is 1. The summed E-state index contributed by atoms with van der Waals surface area (Å²) < 4.78 is 4.08. The Labute approximate surface area is 105 Å². The Morgan fingerprint density at radius 1 is 1.41 bits per heavy atom. The standard InChI is InChI=1S/C11H18N4OS/c1-9-13-11(17-14-9)12-6-5-10(16)15-7-3-2-4-8-15/h2-8H2,1H3,(H,12,13,14). The lowest BCUT2D eigenvalue weighted by Crippen LogP contribution is -2.36. The monoisotopic (exact) mass is 254 g/mol. The highest BCUT2D eigenvalue weighted by Gasteiger charge is 2.15. The Bertz CT molecular complexity index is 373. The first kappa shape index (κ1) is 12.3. The molecule has 0 aromatic carbocycles. The molecular weight excluding hydrogens is 236 g/mol. The van der Waals surface area contributed by atoms with Gasteiger partial charge in [-0.05, 0) is 26.2 Å². The summed E-state index contributed by atoms with van der Waals surface area (Å²) in [7, 11) is 0. The first-order chi connectivity index (χ1) is 8.25. The summed E-state index contributed by atoms with van der Waals surface area (Å²) in [4.78, 5) is 18.0. The predicted molar refractivity (Wildman–Crippen MR) is 68.2 cm³/mol. The summed E-state index contributed by atoms with van der Waals surface area (Å²) in [6.45, 7) is 4.36. The number of nitrogens with zero attached hydrogens (tertiary/aromatic N) is 3. The first-order valence-corrected chi connectivity index (χ1v) is 6.85. The van der Waals surface area contributed by atoms with E-state index in [0.717, 1.165) is 36.9 Å². The maximum atomic E-state index is 11.8. The molecule has 1 aromatic heterocycles. The molecule has 0 aliphatic carbocycles. The quantitative estimate of drug-likeness (QED) is 0.888. The molecule has 0 spiro atoms. The van der Waals surface area contributed by atoms with Crippen molar-refractivity contribution in [1.82, 2.24) is 14.3 Å². The number of carbonyl (C=O) groups excluding carboxylic acids is 1. The summed E-state index contributed by atoms with van der Waals surface area (Å²) in [5, 5.41) is 3.93. The zero-order chi connectivity index (χ0) is 12.1. The second kappa shape index (κ2) is 5.95. The number of hydrogen-bond donors (Lipinski definition) is 1. The van der Waals surface area contributed by atoms with Crippen LogP contribution in [0.1, 0.15) is 31.5 Å². The maximum absolute atomic E-state index is 11.8. The summed E-state index contributed by atoms with van der Waals surface area (Å²) in [5.41, 5.74) is 0. The van der Waals surface area contributed by atoms with E-state index in [-0.39, 0.29) is 5.91 Å². The number of anilines is 1. The van der Waals surface area contributed by atoms with Gasteiger partial charge in [0.2, 0.25) is 11.0 Å². The van der Waals surface area contributed by atoms with Crippen LogP contribution in [0.3, 0.4) is 0 Å². The van der Waals surface area contributed by atoms with Crippen molar-refractivity contribution in [3.63, 3.8) is 0 Å². The van der Waals surface area contributed by atoms with E-state index in [4.69, 9.17) is 0 Å². The van der Waals surface area contributed by atoms with Gasteiger partial charge in [0.1, 0.15) is 5.82 Å². The van der Waals surface area contributed by atoms with Crippen LogP contribution in [-0.2, 0) is 4.79 Å².